The first-order valence-electron chi connectivity index (χ1n) is 6.43. The molecule has 3 aromatic rings. The van der Waals surface area contributed by atoms with Crippen molar-refractivity contribution < 1.29 is 14.6 Å². The summed E-state index contributed by atoms with van der Waals surface area (Å²) in [6.45, 7) is 0. The zero-order valence-electron chi connectivity index (χ0n) is 12.0. The molecule has 1 N–H and O–H groups in total. The number of ether oxygens (including phenoxy) is 1. The SMILES string of the molecule is COc1cccc2cc(-c3cc(C(=O)O)n(C)n3)n(C)c12. The van der Waals surface area contributed by atoms with Crippen LogP contribution in [0.3, 0.4) is 0 Å². The van der Waals surface area contributed by atoms with Gasteiger partial charge in [0, 0.05) is 25.5 Å². The number of aryl methyl sites for hydroxylation is 2. The Balaban J connectivity index is 2.24. The van der Waals surface area contributed by atoms with Crippen LogP contribution in [0.5, 0.6) is 5.75 Å². The van der Waals surface area contributed by atoms with E-state index in [0.717, 1.165) is 22.3 Å². The lowest BCUT2D eigenvalue weighted by atomic mass is 10.2. The van der Waals surface area contributed by atoms with Crippen LogP contribution in [-0.2, 0) is 14.1 Å². The maximum atomic E-state index is 11.1. The molecule has 108 valence electrons. The van der Waals surface area contributed by atoms with Crippen molar-refractivity contribution in [3.8, 4) is 17.1 Å². The van der Waals surface area contributed by atoms with E-state index >= 15 is 0 Å². The fourth-order valence-electron chi connectivity index (χ4n) is 2.58. The minimum absolute atomic E-state index is 0.155. The molecular weight excluding hydrogens is 270 g/mol. The van der Waals surface area contributed by atoms with Gasteiger partial charge in [0.25, 0.3) is 0 Å². The van der Waals surface area contributed by atoms with E-state index in [1.807, 2.05) is 35.9 Å². The van der Waals surface area contributed by atoms with Crippen LogP contribution in [0, 0.1) is 0 Å². The van der Waals surface area contributed by atoms with Crippen molar-refractivity contribution in [2.75, 3.05) is 7.11 Å². The summed E-state index contributed by atoms with van der Waals surface area (Å²) < 4.78 is 8.71. The maximum Gasteiger partial charge on any atom is 0.354 e. The van der Waals surface area contributed by atoms with E-state index in [1.165, 1.54) is 4.68 Å². The van der Waals surface area contributed by atoms with Crippen molar-refractivity contribution in [2.24, 2.45) is 14.1 Å². The zero-order chi connectivity index (χ0) is 15.1. The highest BCUT2D eigenvalue weighted by atomic mass is 16.5. The molecule has 0 radical (unpaired) electrons. The Morgan fingerprint density at radius 3 is 2.67 bits per heavy atom. The molecule has 0 fully saturated rings. The van der Waals surface area contributed by atoms with Crippen molar-refractivity contribution in [1.29, 1.82) is 0 Å². The van der Waals surface area contributed by atoms with Crippen molar-refractivity contribution >= 4 is 16.9 Å². The average molecular weight is 285 g/mol. The summed E-state index contributed by atoms with van der Waals surface area (Å²) in [7, 11) is 5.16. The van der Waals surface area contributed by atoms with E-state index in [0.29, 0.717) is 5.69 Å². The number of carboxylic acids is 1. The molecular formula is C15H15N3O3. The van der Waals surface area contributed by atoms with Gasteiger partial charge < -0.3 is 14.4 Å². The van der Waals surface area contributed by atoms with E-state index in [2.05, 4.69) is 5.10 Å². The zero-order valence-corrected chi connectivity index (χ0v) is 12.0. The van der Waals surface area contributed by atoms with Crippen LogP contribution in [0.15, 0.2) is 30.3 Å². The van der Waals surface area contributed by atoms with Gasteiger partial charge in [-0.1, -0.05) is 12.1 Å². The average Bonchev–Trinajstić information content (AvgIpc) is 3.00. The smallest absolute Gasteiger partial charge is 0.354 e. The Morgan fingerprint density at radius 2 is 2.05 bits per heavy atom. The molecule has 2 heterocycles. The largest absolute Gasteiger partial charge is 0.495 e. The quantitative estimate of drug-likeness (QED) is 0.801. The molecule has 1 aromatic carbocycles. The lowest BCUT2D eigenvalue weighted by Gasteiger charge is -2.05. The lowest BCUT2D eigenvalue weighted by molar-refractivity contribution is 0.0685. The van der Waals surface area contributed by atoms with Crippen LogP contribution in [0.4, 0.5) is 0 Å². The molecule has 0 saturated carbocycles. The van der Waals surface area contributed by atoms with Gasteiger partial charge in [0.15, 0.2) is 0 Å². The fourth-order valence-corrected chi connectivity index (χ4v) is 2.58. The van der Waals surface area contributed by atoms with Crippen LogP contribution in [0.25, 0.3) is 22.3 Å². The van der Waals surface area contributed by atoms with Gasteiger partial charge >= 0.3 is 5.97 Å². The summed E-state index contributed by atoms with van der Waals surface area (Å²) in [6, 6.07) is 9.36. The van der Waals surface area contributed by atoms with Gasteiger partial charge in [-0.2, -0.15) is 5.10 Å². The number of para-hydroxylation sites is 1. The summed E-state index contributed by atoms with van der Waals surface area (Å²) in [5.74, 6) is -0.219. The summed E-state index contributed by atoms with van der Waals surface area (Å²) in [5.41, 5.74) is 2.58. The standard InChI is InChI=1S/C15H15N3O3/c1-17-11(10-8-12(15(19)20)18(2)16-10)7-9-5-4-6-13(21-3)14(9)17/h4-8H,1-3H3,(H,19,20). The van der Waals surface area contributed by atoms with Gasteiger partial charge in [0.1, 0.15) is 17.1 Å². The minimum atomic E-state index is -0.993. The van der Waals surface area contributed by atoms with E-state index in [1.54, 1.807) is 20.2 Å². The third-order valence-electron chi connectivity index (χ3n) is 3.60. The Labute approximate surface area is 121 Å². The molecule has 0 bridgehead atoms. The monoisotopic (exact) mass is 285 g/mol. The topological polar surface area (TPSA) is 69.3 Å². The Morgan fingerprint density at radius 1 is 1.29 bits per heavy atom. The molecule has 3 rings (SSSR count). The Bertz CT molecular complexity index is 845. The fraction of sp³-hybridized carbons (Fsp3) is 0.200. The highest BCUT2D eigenvalue weighted by Crippen LogP contribution is 2.32. The first-order valence-corrected chi connectivity index (χ1v) is 6.43. The highest BCUT2D eigenvalue weighted by molar-refractivity contribution is 5.92. The third kappa shape index (κ3) is 1.96. The molecule has 6 heteroatoms. The third-order valence-corrected chi connectivity index (χ3v) is 3.60. The van der Waals surface area contributed by atoms with Gasteiger partial charge in [-0.15, -0.1) is 0 Å². The number of aromatic carboxylic acids is 1. The predicted molar refractivity (Wildman–Crippen MR) is 78.6 cm³/mol. The van der Waals surface area contributed by atoms with Crippen LogP contribution in [-0.4, -0.2) is 32.5 Å². The molecule has 0 amide bonds. The number of benzene rings is 1. The van der Waals surface area contributed by atoms with Crippen LogP contribution in [0.2, 0.25) is 0 Å². The number of hydrogen-bond acceptors (Lipinski definition) is 3. The number of hydrogen-bond donors (Lipinski definition) is 1. The highest BCUT2D eigenvalue weighted by Gasteiger charge is 2.17. The van der Waals surface area contributed by atoms with Crippen molar-refractivity contribution in [1.82, 2.24) is 14.3 Å². The van der Waals surface area contributed by atoms with Crippen LogP contribution < -0.4 is 4.74 Å². The number of methoxy groups -OCH3 is 1. The van der Waals surface area contributed by atoms with Crippen molar-refractivity contribution in [2.45, 2.75) is 0 Å². The second kappa shape index (κ2) is 4.66. The summed E-state index contributed by atoms with van der Waals surface area (Å²) >= 11 is 0. The molecule has 0 aliphatic rings. The van der Waals surface area contributed by atoms with Gasteiger partial charge in [-0.05, 0) is 12.1 Å². The lowest BCUT2D eigenvalue weighted by Crippen LogP contribution is -2.04. The number of carbonyl (C=O) groups is 1. The van der Waals surface area contributed by atoms with E-state index in [9.17, 15) is 4.79 Å². The molecule has 0 atom stereocenters. The summed E-state index contributed by atoms with van der Waals surface area (Å²) in [4.78, 5) is 11.1. The van der Waals surface area contributed by atoms with Crippen molar-refractivity contribution in [3.63, 3.8) is 0 Å². The molecule has 0 saturated heterocycles. The van der Waals surface area contributed by atoms with Gasteiger partial charge in [-0.3, -0.25) is 4.68 Å². The number of aromatic nitrogens is 3. The van der Waals surface area contributed by atoms with Gasteiger partial charge in [0.2, 0.25) is 0 Å². The summed E-state index contributed by atoms with van der Waals surface area (Å²) in [5, 5.41) is 14.4. The second-order valence-corrected chi connectivity index (χ2v) is 4.83. The molecule has 2 aromatic heterocycles. The van der Waals surface area contributed by atoms with Crippen LogP contribution in [0.1, 0.15) is 10.5 Å². The Hall–Kier alpha value is -2.76. The normalized spacial score (nSPS) is 11.0. The molecule has 0 aliphatic carbocycles. The first-order chi connectivity index (χ1) is 10.0. The van der Waals surface area contributed by atoms with Gasteiger partial charge in [0.05, 0.1) is 18.3 Å². The number of fused-ring (bicyclic) bond motifs is 1. The number of nitrogens with zero attached hydrogens (tertiary/aromatic N) is 3. The summed E-state index contributed by atoms with van der Waals surface area (Å²) in [6.07, 6.45) is 0. The second-order valence-electron chi connectivity index (χ2n) is 4.83. The molecule has 0 aliphatic heterocycles. The van der Waals surface area contributed by atoms with Crippen LogP contribution >= 0.6 is 0 Å². The van der Waals surface area contributed by atoms with E-state index in [-0.39, 0.29) is 5.69 Å². The van der Waals surface area contributed by atoms with E-state index in [4.69, 9.17) is 9.84 Å². The Kier molecular flexibility index (Phi) is 2.94. The molecule has 0 spiro atoms. The predicted octanol–water partition coefficient (Wildman–Crippen LogP) is 2.29. The maximum absolute atomic E-state index is 11.1. The van der Waals surface area contributed by atoms with E-state index < -0.39 is 5.97 Å². The first kappa shape index (κ1) is 13.2. The van der Waals surface area contributed by atoms with Gasteiger partial charge in [-0.25, -0.2) is 4.79 Å². The molecule has 6 nitrogen and oxygen atoms in total. The number of rotatable bonds is 3. The van der Waals surface area contributed by atoms with Crippen molar-refractivity contribution in [3.05, 3.63) is 36.0 Å². The number of carboxylic acid groups (broad SMARTS) is 1. The molecule has 0 unspecified atom stereocenters. The minimum Gasteiger partial charge on any atom is -0.495 e. The molecule has 21 heavy (non-hydrogen) atoms.